The molecule has 0 amide bonds. The van der Waals surface area contributed by atoms with Crippen LogP contribution in [-0.2, 0) is 25.1 Å². The van der Waals surface area contributed by atoms with E-state index in [0.717, 1.165) is 24.9 Å². The zero-order valence-corrected chi connectivity index (χ0v) is 26.8. The molecule has 1 N–H and O–H groups in total. The van der Waals surface area contributed by atoms with Crippen LogP contribution in [0.25, 0.3) is 0 Å². The lowest BCUT2D eigenvalue weighted by atomic mass is 10.0. The summed E-state index contributed by atoms with van der Waals surface area (Å²) in [5, 5.41) is 0. The van der Waals surface area contributed by atoms with Crippen molar-refractivity contribution in [1.82, 2.24) is 9.80 Å². The molecule has 1 aromatic rings. The van der Waals surface area contributed by atoms with Crippen LogP contribution in [0.4, 0.5) is 0 Å². The van der Waals surface area contributed by atoms with Crippen molar-refractivity contribution < 1.29 is 28.0 Å². The zero-order chi connectivity index (χ0) is 29.6. The van der Waals surface area contributed by atoms with Gasteiger partial charge in [-0.1, -0.05) is 103 Å². The molecule has 0 aromatic heterocycles. The topological polar surface area (TPSA) is 80.7 Å². The highest BCUT2D eigenvalue weighted by molar-refractivity contribution is 7.47. The molecular weight excluding hydrogens is 539 g/mol. The molecule has 0 saturated carbocycles. The second kappa shape index (κ2) is 22.0. The molecule has 9 heteroatoms. The molecule has 0 saturated heterocycles. The molecule has 0 fully saturated rings. The zero-order valence-electron chi connectivity index (χ0n) is 25.9. The van der Waals surface area contributed by atoms with Gasteiger partial charge >= 0.3 is 7.82 Å². The number of phosphoric acid groups is 1. The largest absolute Gasteiger partial charge is 0.527 e. The Morgan fingerprint density at radius 1 is 0.829 bits per heavy atom. The molecule has 2 unspecified atom stereocenters. The first-order chi connectivity index (χ1) is 20.0. The van der Waals surface area contributed by atoms with E-state index in [9.17, 15) is 9.46 Å². The Labute approximate surface area is 250 Å². The number of phosphoric ester groups is 1. The Bertz CT molecular complexity index is 870. The van der Waals surface area contributed by atoms with Crippen molar-refractivity contribution in [2.45, 2.75) is 116 Å². The summed E-state index contributed by atoms with van der Waals surface area (Å²) in [6.07, 6.45) is 22.1. The number of benzene rings is 1. The monoisotopic (exact) mass is 595 g/mol. The average Bonchev–Trinajstić information content (AvgIpc) is 3.41. The van der Waals surface area contributed by atoms with Crippen molar-refractivity contribution in [1.29, 1.82) is 0 Å². The number of methoxy groups -OCH3 is 1. The van der Waals surface area contributed by atoms with Crippen LogP contribution in [0.3, 0.4) is 0 Å². The predicted molar refractivity (Wildman–Crippen MR) is 166 cm³/mol. The van der Waals surface area contributed by atoms with Gasteiger partial charge in [0.2, 0.25) is 0 Å². The summed E-state index contributed by atoms with van der Waals surface area (Å²) in [6, 6.07) is 7.13. The fourth-order valence-electron chi connectivity index (χ4n) is 4.77. The molecule has 235 valence electrons. The van der Waals surface area contributed by atoms with Crippen LogP contribution in [0.1, 0.15) is 109 Å². The number of rotatable bonds is 26. The highest BCUT2D eigenvalue weighted by atomic mass is 31.2. The Morgan fingerprint density at radius 2 is 1.44 bits per heavy atom. The van der Waals surface area contributed by atoms with E-state index in [1.165, 1.54) is 77.0 Å². The number of unbranched alkanes of at least 4 members (excludes halogenated alkanes) is 13. The van der Waals surface area contributed by atoms with Crippen molar-refractivity contribution in [3.63, 3.8) is 0 Å². The van der Waals surface area contributed by atoms with Gasteiger partial charge in [0.15, 0.2) is 0 Å². The summed E-state index contributed by atoms with van der Waals surface area (Å²) in [5.41, 5.74) is 0.952. The van der Waals surface area contributed by atoms with E-state index in [1.807, 2.05) is 30.0 Å². The number of hydrogen-bond donors (Lipinski definition) is 1. The van der Waals surface area contributed by atoms with Crippen LogP contribution in [0.2, 0.25) is 0 Å². The molecule has 1 aliphatic heterocycles. The maximum atomic E-state index is 12.5. The molecule has 2 atom stereocenters. The average molecular weight is 596 g/mol. The van der Waals surface area contributed by atoms with E-state index in [2.05, 4.69) is 18.7 Å². The van der Waals surface area contributed by atoms with E-state index in [0.29, 0.717) is 19.8 Å². The van der Waals surface area contributed by atoms with Gasteiger partial charge in [-0.15, -0.1) is 0 Å². The highest BCUT2D eigenvalue weighted by Crippen LogP contribution is 2.44. The number of ether oxygens (including phenoxy) is 2. The molecule has 1 heterocycles. The minimum absolute atomic E-state index is 0.0942. The van der Waals surface area contributed by atoms with Gasteiger partial charge in [0.05, 0.1) is 13.2 Å². The van der Waals surface area contributed by atoms with Crippen LogP contribution in [0, 0.1) is 6.67 Å². The van der Waals surface area contributed by atoms with Crippen molar-refractivity contribution in [3.05, 3.63) is 48.9 Å². The van der Waals surface area contributed by atoms with Gasteiger partial charge in [-0.05, 0) is 31.0 Å². The third-order valence-corrected chi connectivity index (χ3v) is 8.22. The molecule has 8 nitrogen and oxygen atoms in total. The smallest absolute Gasteiger partial charge is 0.404 e. The normalized spacial score (nSPS) is 15.4. The molecular formula is C32H56N2O6P. The van der Waals surface area contributed by atoms with E-state index in [-0.39, 0.29) is 12.4 Å². The van der Waals surface area contributed by atoms with Gasteiger partial charge in [-0.3, -0.25) is 9.42 Å². The molecule has 1 aliphatic rings. The Kier molecular flexibility index (Phi) is 19.1. The Morgan fingerprint density at radius 3 is 2.02 bits per heavy atom. The summed E-state index contributed by atoms with van der Waals surface area (Å²) in [7, 11) is -2.77. The van der Waals surface area contributed by atoms with Gasteiger partial charge in [-0.25, -0.2) is 4.57 Å². The van der Waals surface area contributed by atoms with Crippen molar-refractivity contribution >= 4 is 7.82 Å². The minimum Gasteiger partial charge on any atom is -0.404 e. The van der Waals surface area contributed by atoms with Gasteiger partial charge in [-0.2, -0.15) is 0 Å². The summed E-state index contributed by atoms with van der Waals surface area (Å²) < 4.78 is 34.2. The summed E-state index contributed by atoms with van der Waals surface area (Å²) in [5.74, 6) is 0.284. The first-order valence-corrected chi connectivity index (χ1v) is 17.4. The molecule has 2 rings (SSSR count). The van der Waals surface area contributed by atoms with E-state index in [4.69, 9.17) is 18.5 Å². The fraction of sp³-hybridized carbons (Fsp3) is 0.719. The summed E-state index contributed by atoms with van der Waals surface area (Å²) >= 11 is 0. The van der Waals surface area contributed by atoms with E-state index in [1.54, 1.807) is 25.3 Å². The quantitative estimate of drug-likeness (QED) is 0.0844. The third-order valence-electron chi connectivity index (χ3n) is 7.30. The van der Waals surface area contributed by atoms with Crippen LogP contribution < -0.4 is 4.52 Å². The first-order valence-electron chi connectivity index (χ1n) is 15.9. The lowest BCUT2D eigenvalue weighted by Gasteiger charge is -2.20. The summed E-state index contributed by atoms with van der Waals surface area (Å²) in [6.45, 7) is 8.75. The molecule has 0 aliphatic carbocycles. The van der Waals surface area contributed by atoms with Crippen molar-refractivity contribution in [3.8, 4) is 5.75 Å². The number of nitrogens with zero attached hydrogens (tertiary/aromatic N) is 2. The minimum atomic E-state index is -4.31. The van der Waals surface area contributed by atoms with Gasteiger partial charge in [0.25, 0.3) is 0 Å². The van der Waals surface area contributed by atoms with Crippen LogP contribution in [0.15, 0.2) is 36.7 Å². The van der Waals surface area contributed by atoms with Crippen LogP contribution in [0.5, 0.6) is 5.75 Å². The van der Waals surface area contributed by atoms with Crippen molar-refractivity contribution in [2.75, 3.05) is 33.5 Å². The lowest BCUT2D eigenvalue weighted by Crippen LogP contribution is -2.24. The van der Waals surface area contributed by atoms with Crippen molar-refractivity contribution in [2.24, 2.45) is 0 Å². The maximum Gasteiger partial charge on any atom is 0.527 e. The molecule has 41 heavy (non-hydrogen) atoms. The molecule has 1 radical (unpaired) electrons. The molecule has 0 spiro atoms. The fourth-order valence-corrected chi connectivity index (χ4v) is 5.55. The second-order valence-electron chi connectivity index (χ2n) is 10.9. The Balaban J connectivity index is 1.50. The third kappa shape index (κ3) is 17.2. The Hall–Kier alpha value is -1.57. The highest BCUT2D eigenvalue weighted by Gasteiger charge is 2.25. The molecule has 1 aromatic carbocycles. The second-order valence-corrected chi connectivity index (χ2v) is 12.3. The van der Waals surface area contributed by atoms with Gasteiger partial charge in [0, 0.05) is 39.2 Å². The van der Waals surface area contributed by atoms with Crippen LogP contribution >= 0.6 is 7.82 Å². The van der Waals surface area contributed by atoms with Gasteiger partial charge < -0.3 is 23.8 Å². The van der Waals surface area contributed by atoms with E-state index >= 15 is 0 Å². The standard InChI is InChI=1S/C32H56N2O6P/c1-4-6-7-8-9-10-11-12-13-14-15-16-17-18-24-38-27-32(37-3)28-39-41(35,36)40-31-21-19-20-30(25-31)26-34-23-22-33(5-2)29-34/h19-23,25,29,32H,4-18,24,26-28H2,1-3H3,(H,35,36). The predicted octanol–water partition coefficient (Wildman–Crippen LogP) is 8.42. The molecule has 0 bridgehead atoms. The van der Waals surface area contributed by atoms with Gasteiger partial charge in [0.1, 0.15) is 18.5 Å². The maximum absolute atomic E-state index is 12.5. The lowest BCUT2D eigenvalue weighted by molar-refractivity contribution is -0.0197. The SMILES string of the molecule is CCCCCCCCCCCCCCCCOCC(COP(=O)(O)Oc1cccc(CN2[CH]N(CC)C=C2)c1)OC. The number of hydrogen-bond acceptors (Lipinski definition) is 7. The van der Waals surface area contributed by atoms with Crippen LogP contribution in [-0.4, -0.2) is 54.3 Å². The summed E-state index contributed by atoms with van der Waals surface area (Å²) in [4.78, 5) is 14.4. The first kappa shape index (κ1) is 35.6. The van der Waals surface area contributed by atoms with E-state index < -0.39 is 13.9 Å².